The zero-order chi connectivity index (χ0) is 20.9. The van der Waals surface area contributed by atoms with E-state index in [0.29, 0.717) is 33.9 Å². The van der Waals surface area contributed by atoms with Gasteiger partial charge >= 0.3 is 0 Å². The van der Waals surface area contributed by atoms with E-state index < -0.39 is 6.04 Å². The van der Waals surface area contributed by atoms with Crippen LogP contribution in [0.1, 0.15) is 17.2 Å². The summed E-state index contributed by atoms with van der Waals surface area (Å²) in [5.41, 5.74) is 1.98. The van der Waals surface area contributed by atoms with Crippen LogP contribution in [0.15, 0.2) is 85.7 Å². The van der Waals surface area contributed by atoms with Crippen LogP contribution in [0.4, 0.5) is 5.82 Å². The number of rotatable bonds is 7. The van der Waals surface area contributed by atoms with Crippen molar-refractivity contribution >= 4 is 28.3 Å². The van der Waals surface area contributed by atoms with Gasteiger partial charge in [-0.25, -0.2) is 4.98 Å². The monoisotopic (exact) mass is 417 g/mol. The molecule has 0 amide bonds. The second kappa shape index (κ2) is 8.84. The number of hydrogen-bond donors (Lipinski definition) is 2. The summed E-state index contributed by atoms with van der Waals surface area (Å²) in [7, 11) is 0. The molecule has 4 aromatic rings. The van der Waals surface area contributed by atoms with Gasteiger partial charge in [0.1, 0.15) is 29.4 Å². The number of ether oxygens (including phenoxy) is 1. The average Bonchev–Trinajstić information content (AvgIpc) is 2.80. The predicted octanol–water partition coefficient (Wildman–Crippen LogP) is 5.76. The van der Waals surface area contributed by atoms with Crippen molar-refractivity contribution < 1.29 is 9.84 Å². The number of anilines is 1. The topological polar surface area (TPSA) is 67.3 Å². The van der Waals surface area contributed by atoms with Crippen LogP contribution in [0, 0.1) is 0 Å². The van der Waals surface area contributed by atoms with E-state index in [4.69, 9.17) is 16.3 Å². The molecule has 4 rings (SSSR count). The van der Waals surface area contributed by atoms with E-state index in [1.807, 2.05) is 48.5 Å². The maximum atomic E-state index is 11.0. The lowest BCUT2D eigenvalue weighted by Crippen LogP contribution is -2.14. The van der Waals surface area contributed by atoms with Gasteiger partial charge in [0.25, 0.3) is 0 Å². The molecule has 2 aromatic carbocycles. The highest BCUT2D eigenvalue weighted by Crippen LogP contribution is 2.39. The van der Waals surface area contributed by atoms with Crippen molar-refractivity contribution in [3.05, 3.63) is 102 Å². The van der Waals surface area contributed by atoms with Crippen LogP contribution in [0.3, 0.4) is 0 Å². The maximum Gasteiger partial charge on any atom is 0.147 e. The number of fused-ring (bicyclic) bond motifs is 1. The average molecular weight is 418 g/mol. The molecule has 150 valence electrons. The fraction of sp³-hybridized carbons (Fsp3) is 0.0833. The number of nitrogens with zero attached hydrogens (tertiary/aromatic N) is 2. The molecule has 0 saturated carbocycles. The molecule has 0 spiro atoms. The zero-order valence-corrected chi connectivity index (χ0v) is 16.9. The number of benzene rings is 2. The third-order valence-corrected chi connectivity index (χ3v) is 5.01. The van der Waals surface area contributed by atoms with Crippen LogP contribution in [0.5, 0.6) is 11.5 Å². The first-order chi connectivity index (χ1) is 14.7. The van der Waals surface area contributed by atoms with E-state index in [2.05, 4.69) is 21.9 Å². The molecule has 0 bridgehead atoms. The molecule has 0 fully saturated rings. The van der Waals surface area contributed by atoms with Crippen molar-refractivity contribution in [2.24, 2.45) is 0 Å². The minimum absolute atomic E-state index is 0.0791. The first kappa shape index (κ1) is 19.7. The van der Waals surface area contributed by atoms with E-state index in [1.54, 1.807) is 30.6 Å². The van der Waals surface area contributed by atoms with Gasteiger partial charge < -0.3 is 15.2 Å². The summed E-state index contributed by atoms with van der Waals surface area (Å²) in [6.07, 6.45) is 5.04. The molecule has 0 radical (unpaired) electrons. The standard InChI is InChI=1S/C24H20ClN3O2/c1-2-14-30-17-10-8-16(9-11-17)22(28-21-7-3-4-12-26-21)19-15-20(25)18-6-5-13-27-23(18)24(19)29/h2-13,15,22,29H,1,14H2,(H,26,28)/t22-/m1/s1. The van der Waals surface area contributed by atoms with Crippen molar-refractivity contribution in [1.82, 2.24) is 9.97 Å². The number of phenolic OH excluding ortho intramolecular Hbond substituents is 1. The summed E-state index contributed by atoms with van der Waals surface area (Å²) >= 11 is 6.53. The minimum Gasteiger partial charge on any atom is -0.505 e. The van der Waals surface area contributed by atoms with Crippen LogP contribution in [0.25, 0.3) is 10.9 Å². The third kappa shape index (κ3) is 4.07. The Hall–Kier alpha value is -3.57. The Morgan fingerprint density at radius 2 is 1.87 bits per heavy atom. The van der Waals surface area contributed by atoms with Crippen LogP contribution in [-0.2, 0) is 0 Å². The number of phenols is 1. The molecule has 0 unspecified atom stereocenters. The summed E-state index contributed by atoms with van der Waals surface area (Å²) in [6.45, 7) is 4.09. The lowest BCUT2D eigenvalue weighted by atomic mass is 9.96. The minimum atomic E-state index is -0.405. The van der Waals surface area contributed by atoms with E-state index in [-0.39, 0.29) is 5.75 Å². The van der Waals surface area contributed by atoms with Crippen molar-refractivity contribution in [2.45, 2.75) is 6.04 Å². The lowest BCUT2D eigenvalue weighted by Gasteiger charge is -2.22. The smallest absolute Gasteiger partial charge is 0.147 e. The summed E-state index contributed by atoms with van der Waals surface area (Å²) in [4.78, 5) is 8.69. The molecule has 30 heavy (non-hydrogen) atoms. The molecule has 5 nitrogen and oxygen atoms in total. The zero-order valence-electron chi connectivity index (χ0n) is 16.1. The molecule has 2 heterocycles. The van der Waals surface area contributed by atoms with Crippen molar-refractivity contribution in [2.75, 3.05) is 11.9 Å². The molecule has 0 aliphatic carbocycles. The Labute approximate surface area is 179 Å². The summed E-state index contributed by atoms with van der Waals surface area (Å²) < 4.78 is 5.58. The molecule has 6 heteroatoms. The second-order valence-electron chi connectivity index (χ2n) is 6.66. The summed E-state index contributed by atoms with van der Waals surface area (Å²) in [5.74, 6) is 1.49. The van der Waals surface area contributed by atoms with E-state index >= 15 is 0 Å². The molecular weight excluding hydrogens is 398 g/mol. The quantitative estimate of drug-likeness (QED) is 0.374. The van der Waals surface area contributed by atoms with Crippen molar-refractivity contribution in [3.63, 3.8) is 0 Å². The number of halogens is 1. The molecule has 1 atom stereocenters. The fourth-order valence-corrected chi connectivity index (χ4v) is 3.54. The molecule has 2 aromatic heterocycles. The molecular formula is C24H20ClN3O2. The highest BCUT2D eigenvalue weighted by molar-refractivity contribution is 6.35. The van der Waals surface area contributed by atoms with Gasteiger partial charge in [-0.15, -0.1) is 0 Å². The van der Waals surface area contributed by atoms with Crippen molar-refractivity contribution in [1.29, 1.82) is 0 Å². The summed E-state index contributed by atoms with van der Waals surface area (Å²) in [6, 6.07) is 18.2. The first-order valence-electron chi connectivity index (χ1n) is 9.44. The van der Waals surface area contributed by atoms with Gasteiger partial charge in [-0.3, -0.25) is 4.98 Å². The molecule has 0 saturated heterocycles. The van der Waals surface area contributed by atoms with Crippen LogP contribution >= 0.6 is 11.6 Å². The first-order valence-corrected chi connectivity index (χ1v) is 9.82. The van der Waals surface area contributed by atoms with Crippen LogP contribution in [-0.4, -0.2) is 21.7 Å². The Balaban J connectivity index is 1.81. The molecule has 0 aliphatic rings. The largest absolute Gasteiger partial charge is 0.505 e. The van der Waals surface area contributed by atoms with Crippen LogP contribution in [0.2, 0.25) is 5.02 Å². The van der Waals surface area contributed by atoms with Gasteiger partial charge in [0.05, 0.1) is 11.1 Å². The maximum absolute atomic E-state index is 11.0. The molecule has 0 aliphatic heterocycles. The van der Waals surface area contributed by atoms with Gasteiger partial charge in [0.15, 0.2) is 0 Å². The van der Waals surface area contributed by atoms with Gasteiger partial charge in [-0.2, -0.15) is 0 Å². The normalized spacial score (nSPS) is 11.8. The van der Waals surface area contributed by atoms with E-state index in [9.17, 15) is 5.11 Å². The number of nitrogens with one attached hydrogen (secondary N) is 1. The number of hydrogen-bond acceptors (Lipinski definition) is 5. The van der Waals surface area contributed by atoms with Crippen molar-refractivity contribution in [3.8, 4) is 11.5 Å². The number of aromatic nitrogens is 2. The fourth-order valence-electron chi connectivity index (χ4n) is 3.27. The third-order valence-electron chi connectivity index (χ3n) is 4.69. The Kier molecular flexibility index (Phi) is 5.82. The highest BCUT2D eigenvalue weighted by Gasteiger charge is 2.22. The van der Waals surface area contributed by atoms with Crippen LogP contribution < -0.4 is 10.1 Å². The van der Waals surface area contributed by atoms with E-state index in [1.165, 1.54) is 0 Å². The summed E-state index contributed by atoms with van der Waals surface area (Å²) in [5, 5.41) is 15.6. The Morgan fingerprint density at radius 3 is 2.60 bits per heavy atom. The Bertz CT molecular complexity index is 1160. The number of pyridine rings is 2. The second-order valence-corrected chi connectivity index (χ2v) is 7.06. The van der Waals surface area contributed by atoms with Gasteiger partial charge in [0.2, 0.25) is 0 Å². The highest BCUT2D eigenvalue weighted by atomic mass is 35.5. The van der Waals surface area contributed by atoms with Gasteiger partial charge in [0, 0.05) is 23.3 Å². The SMILES string of the molecule is C=CCOc1ccc([C@@H](Nc2ccccn2)c2cc(Cl)c3cccnc3c2O)cc1. The number of aromatic hydroxyl groups is 1. The lowest BCUT2D eigenvalue weighted by molar-refractivity contribution is 0.363. The predicted molar refractivity (Wildman–Crippen MR) is 120 cm³/mol. The molecule has 2 N–H and O–H groups in total. The van der Waals surface area contributed by atoms with Gasteiger partial charge in [-0.05, 0) is 48.0 Å². The Morgan fingerprint density at radius 1 is 1.07 bits per heavy atom. The van der Waals surface area contributed by atoms with Gasteiger partial charge in [-0.1, -0.05) is 42.5 Å². The van der Waals surface area contributed by atoms with E-state index in [0.717, 1.165) is 11.3 Å².